The van der Waals surface area contributed by atoms with Gasteiger partial charge in [-0.3, -0.25) is 9.69 Å². The van der Waals surface area contributed by atoms with Crippen molar-refractivity contribution in [3.8, 4) is 0 Å². The lowest BCUT2D eigenvalue weighted by Gasteiger charge is -2.38. The van der Waals surface area contributed by atoms with E-state index in [2.05, 4.69) is 26.6 Å². The molecule has 2 aromatic rings. The molecule has 1 aromatic heterocycles. The van der Waals surface area contributed by atoms with Crippen molar-refractivity contribution in [2.75, 3.05) is 37.6 Å². The van der Waals surface area contributed by atoms with Crippen LogP contribution in [0.4, 0.5) is 10.1 Å². The van der Waals surface area contributed by atoms with Crippen molar-refractivity contribution in [1.29, 1.82) is 0 Å². The summed E-state index contributed by atoms with van der Waals surface area (Å²) in [6.07, 6.45) is 0.883. The highest BCUT2D eigenvalue weighted by molar-refractivity contribution is 7.09. The molecule has 1 atom stereocenters. The number of nitrogens with zero attached hydrogens (tertiary/aromatic N) is 2. The van der Waals surface area contributed by atoms with Crippen LogP contribution in [0.25, 0.3) is 0 Å². The van der Waals surface area contributed by atoms with E-state index in [0.29, 0.717) is 6.54 Å². The zero-order valence-electron chi connectivity index (χ0n) is 14.5. The summed E-state index contributed by atoms with van der Waals surface area (Å²) in [4.78, 5) is 18.1. The summed E-state index contributed by atoms with van der Waals surface area (Å²) in [5.41, 5.74) is 1.04. The number of thiophene rings is 1. The number of nitrogens with one attached hydrogen (secondary N) is 1. The maximum absolute atomic E-state index is 13.0. The van der Waals surface area contributed by atoms with E-state index in [4.69, 9.17) is 0 Å². The molecule has 0 bridgehead atoms. The van der Waals surface area contributed by atoms with E-state index in [-0.39, 0.29) is 17.8 Å². The van der Waals surface area contributed by atoms with Crippen molar-refractivity contribution in [2.24, 2.45) is 0 Å². The molecule has 4 nitrogen and oxygen atoms in total. The first-order valence-electron chi connectivity index (χ1n) is 8.68. The fourth-order valence-corrected chi connectivity index (χ4v) is 3.81. The SMILES string of the molecule is CC(C(=O)NCCc1cccs1)N1CCN(c2ccc(F)cc2)CC1. The second kappa shape index (κ2) is 8.45. The lowest BCUT2D eigenvalue weighted by Crippen LogP contribution is -2.54. The summed E-state index contributed by atoms with van der Waals surface area (Å²) in [5.74, 6) is -0.123. The fourth-order valence-electron chi connectivity index (χ4n) is 3.10. The van der Waals surface area contributed by atoms with Crippen molar-refractivity contribution in [1.82, 2.24) is 10.2 Å². The average molecular weight is 361 g/mol. The van der Waals surface area contributed by atoms with Gasteiger partial charge in [-0.25, -0.2) is 4.39 Å². The first-order valence-corrected chi connectivity index (χ1v) is 9.56. The van der Waals surface area contributed by atoms with Gasteiger partial charge in [0.2, 0.25) is 5.91 Å². The molecule has 1 aromatic carbocycles. The van der Waals surface area contributed by atoms with Crippen LogP contribution in [-0.4, -0.2) is 49.6 Å². The number of anilines is 1. The van der Waals surface area contributed by atoms with Gasteiger partial charge in [0.05, 0.1) is 6.04 Å². The van der Waals surface area contributed by atoms with Crippen LogP contribution in [0.3, 0.4) is 0 Å². The number of hydrogen-bond donors (Lipinski definition) is 1. The van der Waals surface area contributed by atoms with Gasteiger partial charge in [0.1, 0.15) is 5.82 Å². The number of carbonyl (C=O) groups excluding carboxylic acids is 1. The summed E-state index contributed by atoms with van der Waals surface area (Å²) < 4.78 is 13.0. The quantitative estimate of drug-likeness (QED) is 0.859. The first kappa shape index (κ1) is 17.9. The molecule has 134 valence electrons. The molecule has 25 heavy (non-hydrogen) atoms. The maximum atomic E-state index is 13.0. The zero-order chi connectivity index (χ0) is 17.6. The van der Waals surface area contributed by atoms with E-state index in [9.17, 15) is 9.18 Å². The van der Waals surface area contributed by atoms with Gasteiger partial charge in [0, 0.05) is 43.3 Å². The number of rotatable bonds is 6. The van der Waals surface area contributed by atoms with Gasteiger partial charge in [-0.2, -0.15) is 0 Å². The summed E-state index contributed by atoms with van der Waals surface area (Å²) in [6.45, 7) is 6.00. The van der Waals surface area contributed by atoms with E-state index in [1.54, 1.807) is 11.3 Å². The first-order chi connectivity index (χ1) is 12.1. The monoisotopic (exact) mass is 361 g/mol. The zero-order valence-corrected chi connectivity index (χ0v) is 15.3. The number of halogens is 1. The number of carbonyl (C=O) groups is 1. The number of piperazine rings is 1. The Balaban J connectivity index is 1.43. The molecule has 2 heterocycles. The molecule has 1 amide bonds. The highest BCUT2D eigenvalue weighted by Crippen LogP contribution is 2.18. The molecule has 0 spiro atoms. The summed E-state index contributed by atoms with van der Waals surface area (Å²) >= 11 is 1.72. The number of hydrogen-bond acceptors (Lipinski definition) is 4. The van der Waals surface area contributed by atoms with Crippen molar-refractivity contribution in [3.05, 3.63) is 52.5 Å². The van der Waals surface area contributed by atoms with Crippen molar-refractivity contribution >= 4 is 22.9 Å². The van der Waals surface area contributed by atoms with Crippen LogP contribution >= 0.6 is 11.3 Å². The molecular weight excluding hydrogens is 337 g/mol. The normalized spacial score (nSPS) is 16.6. The maximum Gasteiger partial charge on any atom is 0.237 e. The minimum atomic E-state index is -0.213. The van der Waals surface area contributed by atoms with Crippen molar-refractivity contribution in [2.45, 2.75) is 19.4 Å². The summed E-state index contributed by atoms with van der Waals surface area (Å²) in [5, 5.41) is 5.09. The Morgan fingerprint density at radius 1 is 1.20 bits per heavy atom. The van der Waals surface area contributed by atoms with Gasteiger partial charge < -0.3 is 10.2 Å². The smallest absolute Gasteiger partial charge is 0.237 e. The molecule has 0 saturated carbocycles. The van der Waals surface area contributed by atoms with Crippen LogP contribution < -0.4 is 10.2 Å². The van der Waals surface area contributed by atoms with Crippen LogP contribution in [0, 0.1) is 5.82 Å². The van der Waals surface area contributed by atoms with E-state index < -0.39 is 0 Å². The Hall–Kier alpha value is -1.92. The van der Waals surface area contributed by atoms with Crippen LogP contribution in [0.1, 0.15) is 11.8 Å². The minimum Gasteiger partial charge on any atom is -0.369 e. The molecule has 1 saturated heterocycles. The highest BCUT2D eigenvalue weighted by atomic mass is 32.1. The van der Waals surface area contributed by atoms with Gasteiger partial charge >= 0.3 is 0 Å². The Morgan fingerprint density at radius 2 is 1.92 bits per heavy atom. The van der Waals surface area contributed by atoms with Crippen molar-refractivity contribution < 1.29 is 9.18 Å². The van der Waals surface area contributed by atoms with E-state index in [1.165, 1.54) is 17.0 Å². The molecule has 0 aliphatic carbocycles. The van der Waals surface area contributed by atoms with Crippen LogP contribution in [0.5, 0.6) is 0 Å². The second-order valence-corrected chi connectivity index (χ2v) is 7.33. The largest absolute Gasteiger partial charge is 0.369 e. The van der Waals surface area contributed by atoms with E-state index in [1.807, 2.05) is 25.1 Å². The highest BCUT2D eigenvalue weighted by Gasteiger charge is 2.25. The van der Waals surface area contributed by atoms with E-state index >= 15 is 0 Å². The Bertz CT molecular complexity index is 666. The van der Waals surface area contributed by atoms with Gasteiger partial charge in [0.15, 0.2) is 0 Å². The third-order valence-electron chi connectivity index (χ3n) is 4.68. The van der Waals surface area contributed by atoms with E-state index in [0.717, 1.165) is 38.3 Å². The minimum absolute atomic E-state index is 0.0896. The van der Waals surface area contributed by atoms with Crippen LogP contribution in [0.15, 0.2) is 41.8 Å². The van der Waals surface area contributed by atoms with Crippen LogP contribution in [-0.2, 0) is 11.2 Å². The molecule has 1 aliphatic rings. The molecule has 1 fully saturated rings. The Morgan fingerprint density at radius 3 is 2.56 bits per heavy atom. The molecule has 3 rings (SSSR count). The molecule has 6 heteroatoms. The third-order valence-corrected chi connectivity index (χ3v) is 5.62. The lowest BCUT2D eigenvalue weighted by atomic mass is 10.2. The fraction of sp³-hybridized carbons (Fsp3) is 0.421. The predicted molar refractivity (Wildman–Crippen MR) is 101 cm³/mol. The van der Waals surface area contributed by atoms with Gasteiger partial charge in [-0.05, 0) is 49.1 Å². The summed E-state index contributed by atoms with van der Waals surface area (Å²) in [6, 6.07) is 10.6. The molecular formula is C19H24FN3OS. The number of amides is 1. The lowest BCUT2D eigenvalue weighted by molar-refractivity contribution is -0.125. The molecule has 0 radical (unpaired) electrons. The Kier molecular flexibility index (Phi) is 6.04. The third kappa shape index (κ3) is 4.80. The summed E-state index contributed by atoms with van der Waals surface area (Å²) in [7, 11) is 0. The van der Waals surface area contributed by atoms with Crippen LogP contribution in [0.2, 0.25) is 0 Å². The standard InChI is InChI=1S/C19H24FN3OS/c1-15(19(24)21-9-8-18-3-2-14-25-18)22-10-12-23(13-11-22)17-6-4-16(20)5-7-17/h2-7,14-15H,8-13H2,1H3,(H,21,24). The van der Waals surface area contributed by atoms with Gasteiger partial charge in [-0.1, -0.05) is 6.07 Å². The average Bonchev–Trinajstić information content (AvgIpc) is 3.15. The predicted octanol–water partition coefficient (Wildman–Crippen LogP) is 2.76. The second-order valence-electron chi connectivity index (χ2n) is 6.30. The molecule has 1 aliphatic heterocycles. The topological polar surface area (TPSA) is 35.6 Å². The van der Waals surface area contributed by atoms with Gasteiger partial charge in [-0.15, -0.1) is 11.3 Å². The number of benzene rings is 1. The molecule has 1 unspecified atom stereocenters. The van der Waals surface area contributed by atoms with Gasteiger partial charge in [0.25, 0.3) is 0 Å². The molecule has 1 N–H and O–H groups in total. The Labute approximate surface area is 152 Å². The van der Waals surface area contributed by atoms with Crippen molar-refractivity contribution in [3.63, 3.8) is 0 Å².